The Kier molecular flexibility index (Phi) is 5.55. The van der Waals surface area contributed by atoms with Crippen molar-refractivity contribution in [3.05, 3.63) is 78.0 Å². The molecular formula is C23H26N2OS. The Morgan fingerprint density at radius 1 is 1.11 bits per heavy atom. The molecule has 2 heterocycles. The molecule has 0 aliphatic carbocycles. The predicted molar refractivity (Wildman–Crippen MR) is 115 cm³/mol. The summed E-state index contributed by atoms with van der Waals surface area (Å²) in [6.45, 7) is 3.00. The van der Waals surface area contributed by atoms with Crippen LogP contribution in [-0.2, 0) is 16.6 Å². The number of nitrogens with one attached hydrogen (secondary N) is 2. The van der Waals surface area contributed by atoms with Gasteiger partial charge in [-0.15, -0.1) is 0 Å². The topological polar surface area (TPSA) is 44.9 Å². The van der Waals surface area contributed by atoms with Gasteiger partial charge >= 0.3 is 0 Å². The molecule has 0 bridgehead atoms. The molecule has 4 rings (SSSR count). The van der Waals surface area contributed by atoms with Gasteiger partial charge in [0.15, 0.2) is 0 Å². The number of fused-ring (bicyclic) bond motifs is 1. The van der Waals surface area contributed by atoms with Crippen LogP contribution in [0.4, 0.5) is 0 Å². The number of para-hydroxylation sites is 1. The van der Waals surface area contributed by atoms with E-state index in [2.05, 4.69) is 65.8 Å². The van der Waals surface area contributed by atoms with Crippen molar-refractivity contribution in [2.75, 3.05) is 6.54 Å². The summed E-state index contributed by atoms with van der Waals surface area (Å²) in [6.07, 6.45) is 6.21. The molecule has 4 heteroatoms. The van der Waals surface area contributed by atoms with E-state index in [0.29, 0.717) is 11.8 Å². The fraction of sp³-hybridized carbons (Fsp3) is 0.304. The van der Waals surface area contributed by atoms with Crippen molar-refractivity contribution < 1.29 is 4.21 Å². The molecule has 2 N–H and O–H groups in total. The highest BCUT2D eigenvalue weighted by Gasteiger charge is 2.22. The number of H-pyrrole nitrogens is 1. The summed E-state index contributed by atoms with van der Waals surface area (Å²) in [5.74, 6) is 0.610. The van der Waals surface area contributed by atoms with Gasteiger partial charge in [-0.3, -0.25) is 4.21 Å². The lowest BCUT2D eigenvalue weighted by Crippen LogP contribution is -2.36. The fourth-order valence-electron chi connectivity index (χ4n) is 3.88. The maximum atomic E-state index is 12.9. The predicted octanol–water partition coefficient (Wildman–Crippen LogP) is 4.64. The summed E-state index contributed by atoms with van der Waals surface area (Å²) in [7, 11) is -0.887. The van der Waals surface area contributed by atoms with Crippen molar-refractivity contribution in [2.45, 2.75) is 36.8 Å². The third-order valence-corrected chi connectivity index (χ3v) is 7.09. The molecule has 3 nitrogen and oxygen atoms in total. The third-order valence-electron chi connectivity index (χ3n) is 5.40. The SMILES string of the molecule is CC(CC1CC(c2ccccc2)=CCN1)S(=O)Cc1c[nH]c2ccccc12. The van der Waals surface area contributed by atoms with E-state index in [-0.39, 0.29) is 5.25 Å². The summed E-state index contributed by atoms with van der Waals surface area (Å²) >= 11 is 0. The zero-order chi connectivity index (χ0) is 18.6. The van der Waals surface area contributed by atoms with E-state index >= 15 is 0 Å². The van der Waals surface area contributed by atoms with Crippen LogP contribution in [0.25, 0.3) is 16.5 Å². The van der Waals surface area contributed by atoms with Crippen LogP contribution >= 0.6 is 0 Å². The lowest BCUT2D eigenvalue weighted by Gasteiger charge is -2.27. The quantitative estimate of drug-likeness (QED) is 0.656. The molecule has 3 aromatic rings. The highest BCUT2D eigenvalue weighted by molar-refractivity contribution is 7.84. The molecule has 0 fully saturated rings. The maximum absolute atomic E-state index is 12.9. The molecule has 140 valence electrons. The number of benzene rings is 2. The molecule has 0 saturated heterocycles. The number of aromatic nitrogens is 1. The highest BCUT2D eigenvalue weighted by atomic mass is 32.2. The van der Waals surface area contributed by atoms with E-state index in [9.17, 15) is 4.21 Å². The average molecular weight is 379 g/mol. The Labute approximate surface area is 163 Å². The van der Waals surface area contributed by atoms with Crippen LogP contribution < -0.4 is 5.32 Å². The summed E-state index contributed by atoms with van der Waals surface area (Å²) in [5, 5.41) is 4.92. The Morgan fingerprint density at radius 2 is 1.89 bits per heavy atom. The van der Waals surface area contributed by atoms with Gasteiger partial charge in [0, 0.05) is 45.7 Å². The lowest BCUT2D eigenvalue weighted by atomic mass is 9.93. The monoisotopic (exact) mass is 378 g/mol. The standard InChI is InChI=1S/C23H26N2OS/c1-17(27(26)16-20-15-25-23-10-6-5-9-22(20)23)13-21-14-19(11-12-24-21)18-7-3-2-4-8-18/h2-11,15,17,21,24-25H,12-14,16H2,1H3. The van der Waals surface area contributed by atoms with E-state index < -0.39 is 10.8 Å². The number of aromatic amines is 1. The van der Waals surface area contributed by atoms with Crippen molar-refractivity contribution in [1.29, 1.82) is 0 Å². The second-order valence-electron chi connectivity index (χ2n) is 7.34. The van der Waals surface area contributed by atoms with Gasteiger partial charge in [-0.2, -0.15) is 0 Å². The van der Waals surface area contributed by atoms with Crippen molar-refractivity contribution in [1.82, 2.24) is 10.3 Å². The Morgan fingerprint density at radius 3 is 2.74 bits per heavy atom. The number of rotatable bonds is 6. The van der Waals surface area contributed by atoms with Gasteiger partial charge in [0.25, 0.3) is 0 Å². The van der Waals surface area contributed by atoms with Crippen LogP contribution in [0.3, 0.4) is 0 Å². The molecule has 3 atom stereocenters. The van der Waals surface area contributed by atoms with E-state index in [1.807, 2.05) is 18.3 Å². The minimum atomic E-state index is -0.887. The normalized spacial score (nSPS) is 19.6. The van der Waals surface area contributed by atoms with Gasteiger partial charge in [0.05, 0.1) is 5.75 Å². The van der Waals surface area contributed by atoms with E-state index in [1.165, 1.54) is 16.5 Å². The molecule has 0 radical (unpaired) electrons. The summed E-state index contributed by atoms with van der Waals surface area (Å²) in [5.41, 5.74) is 4.96. The van der Waals surface area contributed by atoms with Crippen LogP contribution in [-0.4, -0.2) is 27.0 Å². The fourth-order valence-corrected chi connectivity index (χ4v) is 5.16. The maximum Gasteiger partial charge on any atom is 0.0509 e. The minimum absolute atomic E-state index is 0.159. The van der Waals surface area contributed by atoms with Gasteiger partial charge < -0.3 is 10.3 Å². The van der Waals surface area contributed by atoms with E-state index in [4.69, 9.17) is 0 Å². The van der Waals surface area contributed by atoms with Gasteiger partial charge in [-0.05, 0) is 35.6 Å². The zero-order valence-electron chi connectivity index (χ0n) is 15.7. The van der Waals surface area contributed by atoms with Crippen molar-refractivity contribution in [2.24, 2.45) is 0 Å². The Balaban J connectivity index is 1.38. The first-order valence-electron chi connectivity index (χ1n) is 9.60. The van der Waals surface area contributed by atoms with Gasteiger partial charge in [-0.1, -0.05) is 61.5 Å². The minimum Gasteiger partial charge on any atom is -0.361 e. The van der Waals surface area contributed by atoms with E-state index in [1.54, 1.807) is 0 Å². The molecule has 0 spiro atoms. The Hall–Kier alpha value is -2.17. The van der Waals surface area contributed by atoms with Gasteiger partial charge in [-0.25, -0.2) is 0 Å². The smallest absolute Gasteiger partial charge is 0.0509 e. The Bertz CT molecular complexity index is 961. The van der Waals surface area contributed by atoms with Crippen LogP contribution in [0.5, 0.6) is 0 Å². The van der Waals surface area contributed by atoms with Crippen LogP contribution in [0, 0.1) is 0 Å². The lowest BCUT2D eigenvalue weighted by molar-refractivity contribution is 0.496. The molecule has 1 aliphatic rings. The first-order valence-corrected chi connectivity index (χ1v) is 11.0. The second kappa shape index (κ2) is 8.24. The first kappa shape index (κ1) is 18.2. The first-order chi connectivity index (χ1) is 13.2. The van der Waals surface area contributed by atoms with Gasteiger partial charge in [0.1, 0.15) is 0 Å². The van der Waals surface area contributed by atoms with Crippen LogP contribution in [0.1, 0.15) is 30.9 Å². The number of hydrogen-bond acceptors (Lipinski definition) is 2. The molecule has 1 aliphatic heterocycles. The third kappa shape index (κ3) is 4.23. The second-order valence-corrected chi connectivity index (χ2v) is 9.19. The average Bonchev–Trinajstić information content (AvgIpc) is 3.12. The number of hydrogen-bond donors (Lipinski definition) is 2. The van der Waals surface area contributed by atoms with Crippen LogP contribution in [0.2, 0.25) is 0 Å². The van der Waals surface area contributed by atoms with Crippen molar-refractivity contribution in [3.63, 3.8) is 0 Å². The van der Waals surface area contributed by atoms with Gasteiger partial charge in [0.2, 0.25) is 0 Å². The summed E-state index contributed by atoms with van der Waals surface area (Å²) in [4.78, 5) is 3.28. The van der Waals surface area contributed by atoms with Crippen molar-refractivity contribution in [3.8, 4) is 0 Å². The van der Waals surface area contributed by atoms with E-state index in [0.717, 1.165) is 30.5 Å². The summed E-state index contributed by atoms with van der Waals surface area (Å²) < 4.78 is 12.9. The zero-order valence-corrected chi connectivity index (χ0v) is 16.5. The molecule has 2 aromatic carbocycles. The molecule has 27 heavy (non-hydrogen) atoms. The van der Waals surface area contributed by atoms with Crippen molar-refractivity contribution >= 4 is 27.3 Å². The summed E-state index contributed by atoms with van der Waals surface area (Å²) in [6, 6.07) is 19.2. The largest absolute Gasteiger partial charge is 0.361 e. The molecule has 1 aromatic heterocycles. The molecule has 3 unspecified atom stereocenters. The molecular weight excluding hydrogens is 352 g/mol. The highest BCUT2D eigenvalue weighted by Crippen LogP contribution is 2.26. The molecule has 0 saturated carbocycles. The molecule has 0 amide bonds. The van der Waals surface area contributed by atoms with Crippen LogP contribution in [0.15, 0.2) is 66.9 Å².